The number of anilines is 1. The summed E-state index contributed by atoms with van der Waals surface area (Å²) in [5.41, 5.74) is 3.38. The average molecular weight is 475 g/mol. The van der Waals surface area contributed by atoms with E-state index in [1.165, 1.54) is 29.5 Å². The van der Waals surface area contributed by atoms with Gasteiger partial charge in [-0.2, -0.15) is 0 Å². The third-order valence-corrected chi connectivity index (χ3v) is 6.28. The van der Waals surface area contributed by atoms with Crippen LogP contribution in [0.15, 0.2) is 52.7 Å². The molecule has 2 atom stereocenters. The van der Waals surface area contributed by atoms with Crippen molar-refractivity contribution >= 4 is 40.4 Å². The molecule has 1 aliphatic heterocycles. The van der Waals surface area contributed by atoms with Crippen LogP contribution in [0.1, 0.15) is 35.9 Å². The van der Waals surface area contributed by atoms with Crippen LogP contribution < -0.4 is 15.5 Å². The van der Waals surface area contributed by atoms with E-state index < -0.39 is 18.0 Å². The van der Waals surface area contributed by atoms with E-state index in [1.54, 1.807) is 0 Å². The number of aldehydes is 1. The first kappa shape index (κ1) is 26.0. The number of likely N-dealkylation sites (N-methyl/N-ethyl adjacent to an activating group) is 2. The van der Waals surface area contributed by atoms with Gasteiger partial charge in [0, 0.05) is 31.3 Å². The van der Waals surface area contributed by atoms with Gasteiger partial charge in [0.05, 0.1) is 21.8 Å². The van der Waals surface area contributed by atoms with Crippen LogP contribution in [0.5, 0.6) is 0 Å². The van der Waals surface area contributed by atoms with E-state index in [-0.39, 0.29) is 18.9 Å². The molecule has 0 amide bonds. The van der Waals surface area contributed by atoms with Gasteiger partial charge in [-0.3, -0.25) is 19.4 Å². The number of carbonyl (C=O) groups is 3. The molecule has 10 heteroatoms. The lowest BCUT2D eigenvalue weighted by molar-refractivity contribution is -0.140. The topological polar surface area (TPSA) is 131 Å². The van der Waals surface area contributed by atoms with Crippen LogP contribution in [0.2, 0.25) is 0 Å². The molecule has 3 rings (SSSR count). The van der Waals surface area contributed by atoms with Crippen LogP contribution in [0.25, 0.3) is 0 Å². The number of carboxylic acids is 2. The SMILES string of the molecule is C=C1NC(C)=NC2CC=C(CN(C)c3ccc(C=O)s3)C=C12.CNC(CCC(=O)O)C(=O)O. The quantitative estimate of drug-likeness (QED) is 0.402. The lowest BCUT2D eigenvalue weighted by Crippen LogP contribution is -2.34. The number of carbonyl (C=O) groups excluding carboxylic acids is 1. The lowest BCUT2D eigenvalue weighted by atomic mass is 9.91. The molecule has 1 aromatic rings. The van der Waals surface area contributed by atoms with Crippen molar-refractivity contribution in [2.75, 3.05) is 25.5 Å². The third kappa shape index (κ3) is 7.69. The van der Waals surface area contributed by atoms with Crippen LogP contribution >= 0.6 is 11.3 Å². The number of hydrogen-bond acceptors (Lipinski definition) is 8. The number of hydrogen-bond donors (Lipinski definition) is 4. The van der Waals surface area contributed by atoms with Gasteiger partial charge in [-0.05, 0) is 44.5 Å². The Morgan fingerprint density at radius 3 is 2.73 bits per heavy atom. The van der Waals surface area contributed by atoms with Gasteiger partial charge in [0.1, 0.15) is 6.04 Å². The molecule has 9 nitrogen and oxygen atoms in total. The fourth-order valence-corrected chi connectivity index (χ4v) is 4.23. The van der Waals surface area contributed by atoms with Crippen molar-refractivity contribution in [2.45, 2.75) is 38.3 Å². The van der Waals surface area contributed by atoms with E-state index in [1.807, 2.05) is 26.1 Å². The molecule has 0 bridgehead atoms. The highest BCUT2D eigenvalue weighted by atomic mass is 32.1. The largest absolute Gasteiger partial charge is 0.481 e. The van der Waals surface area contributed by atoms with Crippen molar-refractivity contribution in [1.82, 2.24) is 10.6 Å². The molecular weight excluding hydrogens is 444 g/mol. The summed E-state index contributed by atoms with van der Waals surface area (Å²) in [5, 5.41) is 23.4. The summed E-state index contributed by atoms with van der Waals surface area (Å²) in [4.78, 5) is 38.6. The van der Waals surface area contributed by atoms with Crippen molar-refractivity contribution in [3.63, 3.8) is 0 Å². The summed E-state index contributed by atoms with van der Waals surface area (Å²) in [5.74, 6) is -1.07. The van der Waals surface area contributed by atoms with Crippen LogP contribution in [0, 0.1) is 0 Å². The number of carboxylic acid groups (broad SMARTS) is 2. The average Bonchev–Trinajstić information content (AvgIpc) is 3.24. The first-order valence-electron chi connectivity index (χ1n) is 10.4. The van der Waals surface area contributed by atoms with E-state index in [2.05, 4.69) is 39.3 Å². The van der Waals surface area contributed by atoms with Crippen molar-refractivity contribution in [1.29, 1.82) is 0 Å². The van der Waals surface area contributed by atoms with Gasteiger partial charge in [-0.25, -0.2) is 0 Å². The van der Waals surface area contributed by atoms with Crippen molar-refractivity contribution in [3.05, 3.63) is 52.6 Å². The highest BCUT2D eigenvalue weighted by Crippen LogP contribution is 2.29. The zero-order chi connectivity index (χ0) is 24.5. The van der Waals surface area contributed by atoms with Gasteiger partial charge in [0.25, 0.3) is 0 Å². The second-order valence-electron chi connectivity index (χ2n) is 7.71. The molecule has 0 aromatic carbocycles. The summed E-state index contributed by atoms with van der Waals surface area (Å²) >= 11 is 1.51. The molecule has 1 aromatic heterocycles. The minimum Gasteiger partial charge on any atom is -0.481 e. The maximum absolute atomic E-state index is 10.8. The van der Waals surface area contributed by atoms with Gasteiger partial charge >= 0.3 is 11.9 Å². The molecule has 0 radical (unpaired) electrons. The number of amidine groups is 1. The Kier molecular flexibility index (Phi) is 9.56. The smallest absolute Gasteiger partial charge is 0.320 e. The molecule has 33 heavy (non-hydrogen) atoms. The molecule has 2 unspecified atom stereocenters. The second kappa shape index (κ2) is 12.1. The predicted molar refractivity (Wildman–Crippen MR) is 130 cm³/mol. The molecule has 1 aliphatic carbocycles. The molecule has 0 saturated carbocycles. The summed E-state index contributed by atoms with van der Waals surface area (Å²) in [6, 6.07) is 3.29. The molecule has 0 spiro atoms. The number of aliphatic imine (C=N–C) groups is 1. The van der Waals surface area contributed by atoms with Crippen LogP contribution in [0.3, 0.4) is 0 Å². The molecule has 2 aliphatic rings. The molecular formula is C23H30N4O5S. The number of nitrogens with zero attached hydrogens (tertiary/aromatic N) is 2. The van der Waals surface area contributed by atoms with E-state index in [0.29, 0.717) is 0 Å². The Morgan fingerprint density at radius 1 is 1.42 bits per heavy atom. The number of rotatable bonds is 9. The Morgan fingerprint density at radius 2 is 2.15 bits per heavy atom. The maximum atomic E-state index is 10.8. The fraction of sp³-hybridized carbons (Fsp3) is 0.391. The minimum atomic E-state index is -1.02. The molecule has 2 heterocycles. The van der Waals surface area contributed by atoms with Crippen LogP contribution in [-0.4, -0.2) is 67.0 Å². The van der Waals surface area contributed by atoms with Crippen LogP contribution in [0.4, 0.5) is 5.00 Å². The third-order valence-electron chi connectivity index (χ3n) is 5.15. The number of thiophene rings is 1. The number of aliphatic carboxylic acids is 2. The van der Waals surface area contributed by atoms with E-state index in [4.69, 9.17) is 10.2 Å². The molecule has 0 fully saturated rings. The van der Waals surface area contributed by atoms with Crippen molar-refractivity contribution in [2.24, 2.45) is 4.99 Å². The Labute approximate surface area is 197 Å². The van der Waals surface area contributed by atoms with Gasteiger partial charge in [0.2, 0.25) is 0 Å². The Bertz CT molecular complexity index is 995. The predicted octanol–water partition coefficient (Wildman–Crippen LogP) is 2.68. The van der Waals surface area contributed by atoms with Gasteiger partial charge in [-0.15, -0.1) is 11.3 Å². The summed E-state index contributed by atoms with van der Waals surface area (Å²) < 4.78 is 0. The highest BCUT2D eigenvalue weighted by Gasteiger charge is 2.24. The highest BCUT2D eigenvalue weighted by molar-refractivity contribution is 7.17. The number of fused-ring (bicyclic) bond motifs is 1. The summed E-state index contributed by atoms with van der Waals surface area (Å²) in [6.07, 6.45) is 6.22. The van der Waals surface area contributed by atoms with Crippen LogP contribution in [-0.2, 0) is 9.59 Å². The number of nitrogens with one attached hydrogen (secondary N) is 2. The first-order chi connectivity index (χ1) is 15.6. The monoisotopic (exact) mass is 474 g/mol. The Balaban J connectivity index is 0.000000299. The van der Waals surface area contributed by atoms with Gasteiger partial charge in [0.15, 0.2) is 6.29 Å². The zero-order valence-corrected chi connectivity index (χ0v) is 19.8. The van der Waals surface area contributed by atoms with E-state index >= 15 is 0 Å². The van der Waals surface area contributed by atoms with Gasteiger partial charge < -0.3 is 25.7 Å². The fourth-order valence-electron chi connectivity index (χ4n) is 3.44. The maximum Gasteiger partial charge on any atom is 0.320 e. The van der Waals surface area contributed by atoms with E-state index in [0.717, 1.165) is 40.7 Å². The summed E-state index contributed by atoms with van der Waals surface area (Å²) in [6.45, 7) is 6.88. The second-order valence-corrected chi connectivity index (χ2v) is 8.80. The standard InChI is InChI=1S/C17H19N3OS.C6H11NO4/c1-11-15-8-13(4-6-16(15)19-12(2)18-11)9-20(3)17-7-5-14(10-21)22-17;1-7-4(6(10)11)2-3-5(8)9/h4-5,7-8,10,16H,1,6,9H2,2-3H3,(H,18,19);4,7H,2-3H2,1H3,(H,8,9)(H,10,11). The first-order valence-corrected chi connectivity index (χ1v) is 11.3. The van der Waals surface area contributed by atoms with Crippen molar-refractivity contribution < 1.29 is 24.6 Å². The Hall–Kier alpha value is -3.24. The lowest BCUT2D eigenvalue weighted by Gasteiger charge is -2.29. The minimum absolute atomic E-state index is 0.112. The zero-order valence-electron chi connectivity index (χ0n) is 19.0. The van der Waals surface area contributed by atoms with E-state index in [9.17, 15) is 14.4 Å². The molecule has 178 valence electrons. The molecule has 0 saturated heterocycles. The summed E-state index contributed by atoms with van der Waals surface area (Å²) in [7, 11) is 3.53. The van der Waals surface area contributed by atoms with Crippen molar-refractivity contribution in [3.8, 4) is 0 Å². The normalized spacial score (nSPS) is 17.7. The van der Waals surface area contributed by atoms with Gasteiger partial charge in [-0.1, -0.05) is 18.7 Å². The molecule has 4 N–H and O–H groups in total.